The Morgan fingerprint density at radius 1 is 1.30 bits per heavy atom. The Kier molecular flexibility index (Phi) is 6.02. The summed E-state index contributed by atoms with van der Waals surface area (Å²) in [4.78, 5) is 22.9. The molecule has 5 rings (SSSR count). The lowest BCUT2D eigenvalue weighted by Gasteiger charge is -2.31. The molecule has 0 aromatic carbocycles. The predicted octanol–water partition coefficient (Wildman–Crippen LogP) is 3.10. The van der Waals surface area contributed by atoms with Gasteiger partial charge in [-0.25, -0.2) is 8.42 Å². The number of nitrogens with zero attached hydrogens (tertiary/aromatic N) is 4. The van der Waals surface area contributed by atoms with E-state index in [1.807, 2.05) is 18.2 Å². The third-order valence-corrected chi connectivity index (χ3v) is 9.17. The second-order valence-corrected chi connectivity index (χ2v) is 11.7. The number of aromatic nitrogens is 3. The van der Waals surface area contributed by atoms with E-state index >= 15 is 0 Å². The van der Waals surface area contributed by atoms with E-state index in [-0.39, 0.29) is 17.3 Å². The summed E-state index contributed by atoms with van der Waals surface area (Å²) in [6.07, 6.45) is 5.06. The van der Waals surface area contributed by atoms with Crippen LogP contribution in [0.4, 0.5) is 0 Å². The van der Waals surface area contributed by atoms with Crippen LogP contribution in [0.25, 0.3) is 10.7 Å². The van der Waals surface area contributed by atoms with Gasteiger partial charge in [0.15, 0.2) is 0 Å². The molecule has 1 saturated carbocycles. The molecule has 0 unspecified atom stereocenters. The van der Waals surface area contributed by atoms with Crippen molar-refractivity contribution in [1.82, 2.24) is 24.7 Å². The maximum Gasteiger partial charge on any atom is 0.244 e. The summed E-state index contributed by atoms with van der Waals surface area (Å²) in [6, 6.07) is 7.15. The number of hydrogen-bond donors (Lipinski definition) is 1. The highest BCUT2D eigenvalue weighted by Crippen LogP contribution is 2.41. The van der Waals surface area contributed by atoms with E-state index in [4.69, 9.17) is 4.52 Å². The molecule has 0 bridgehead atoms. The minimum Gasteiger partial charge on any atom is -0.350 e. The van der Waals surface area contributed by atoms with Crippen LogP contribution in [0.15, 0.2) is 39.9 Å². The molecule has 4 heterocycles. The van der Waals surface area contributed by atoms with Gasteiger partial charge in [0.25, 0.3) is 0 Å². The number of nitrogens with one attached hydrogen (secondary N) is 1. The number of carbonyl (C=O) groups excluding carboxylic acids is 1. The summed E-state index contributed by atoms with van der Waals surface area (Å²) in [5.41, 5.74) is 0.763. The molecule has 33 heavy (non-hydrogen) atoms. The van der Waals surface area contributed by atoms with Gasteiger partial charge < -0.3 is 9.84 Å². The molecule has 1 atom stereocenters. The largest absolute Gasteiger partial charge is 0.350 e. The third-order valence-electron chi connectivity index (χ3n) is 6.00. The van der Waals surface area contributed by atoms with E-state index in [0.717, 1.165) is 18.5 Å². The molecular formula is C22H25N5O4S2. The van der Waals surface area contributed by atoms with Crippen molar-refractivity contribution in [2.75, 3.05) is 13.1 Å². The molecule has 1 aliphatic heterocycles. The molecule has 11 heteroatoms. The molecule has 3 aromatic rings. The lowest BCUT2D eigenvalue weighted by Crippen LogP contribution is -2.45. The van der Waals surface area contributed by atoms with Crippen LogP contribution >= 0.6 is 11.3 Å². The first kappa shape index (κ1) is 22.2. The molecule has 1 N–H and O–H groups in total. The molecule has 1 aliphatic carbocycles. The van der Waals surface area contributed by atoms with Gasteiger partial charge in [0.2, 0.25) is 27.6 Å². The minimum absolute atomic E-state index is 0.150. The Morgan fingerprint density at radius 2 is 2.15 bits per heavy atom. The Bertz CT molecular complexity index is 1250. The van der Waals surface area contributed by atoms with E-state index in [9.17, 15) is 13.2 Å². The molecule has 1 amide bonds. The van der Waals surface area contributed by atoms with Crippen molar-refractivity contribution in [3.8, 4) is 10.7 Å². The summed E-state index contributed by atoms with van der Waals surface area (Å²) < 4.78 is 33.6. The highest BCUT2D eigenvalue weighted by Gasteiger charge is 2.35. The second kappa shape index (κ2) is 8.96. The molecule has 2 aliphatic rings. The summed E-state index contributed by atoms with van der Waals surface area (Å²) in [6.45, 7) is 2.66. The lowest BCUT2D eigenvalue weighted by atomic mass is 9.99. The van der Waals surface area contributed by atoms with Crippen LogP contribution in [-0.4, -0.2) is 46.8 Å². The number of piperidine rings is 1. The zero-order valence-corrected chi connectivity index (χ0v) is 19.9. The Labute approximate surface area is 196 Å². The maximum atomic E-state index is 13.5. The van der Waals surface area contributed by atoms with Gasteiger partial charge in [0, 0.05) is 30.1 Å². The molecule has 9 nitrogen and oxygen atoms in total. The Morgan fingerprint density at radius 3 is 2.91 bits per heavy atom. The van der Waals surface area contributed by atoms with E-state index in [0.29, 0.717) is 53.3 Å². The average Bonchev–Trinajstić information content (AvgIpc) is 3.42. The quantitative estimate of drug-likeness (QED) is 0.544. The standard InChI is InChI=1S/C22H25N5O4S2/c1-14-19(11-18(32-14)20-25-22(31-26-20)15-7-8-15)33(29,30)27-10-4-5-16(13-27)21(28)24-12-17-6-2-3-9-23-17/h2-3,6,9,11,15-16H,4-5,7-8,10,12-13H2,1H3,(H,24,28)/t16-/m0/s1. The number of carbonyl (C=O) groups is 1. The molecule has 174 valence electrons. The summed E-state index contributed by atoms with van der Waals surface area (Å²) in [7, 11) is -3.75. The average molecular weight is 488 g/mol. The minimum atomic E-state index is -3.75. The molecule has 0 radical (unpaired) electrons. The molecule has 0 spiro atoms. The summed E-state index contributed by atoms with van der Waals surface area (Å²) >= 11 is 1.34. The van der Waals surface area contributed by atoms with Crippen LogP contribution in [0.3, 0.4) is 0 Å². The lowest BCUT2D eigenvalue weighted by molar-refractivity contribution is -0.126. The first-order valence-corrected chi connectivity index (χ1v) is 13.3. The van der Waals surface area contributed by atoms with Crippen molar-refractivity contribution < 1.29 is 17.7 Å². The zero-order valence-electron chi connectivity index (χ0n) is 18.2. The fraction of sp³-hybridized carbons (Fsp3) is 0.455. The van der Waals surface area contributed by atoms with Gasteiger partial charge in [-0.2, -0.15) is 9.29 Å². The van der Waals surface area contributed by atoms with Gasteiger partial charge in [-0.15, -0.1) is 11.3 Å². The normalized spacial score (nSPS) is 19.5. The number of hydrogen-bond acceptors (Lipinski definition) is 8. The fourth-order valence-electron chi connectivity index (χ4n) is 4.00. The van der Waals surface area contributed by atoms with Crippen LogP contribution in [0.5, 0.6) is 0 Å². The second-order valence-electron chi connectivity index (χ2n) is 8.50. The smallest absolute Gasteiger partial charge is 0.244 e. The van der Waals surface area contributed by atoms with E-state index in [1.54, 1.807) is 19.2 Å². The zero-order chi connectivity index (χ0) is 23.0. The Balaban J connectivity index is 1.28. The Hall–Kier alpha value is -2.63. The van der Waals surface area contributed by atoms with Gasteiger partial charge in [-0.1, -0.05) is 11.2 Å². The summed E-state index contributed by atoms with van der Waals surface area (Å²) in [5, 5.41) is 6.92. The van der Waals surface area contributed by atoms with Crippen molar-refractivity contribution in [2.24, 2.45) is 5.92 Å². The van der Waals surface area contributed by atoms with Crippen LogP contribution in [0, 0.1) is 12.8 Å². The van der Waals surface area contributed by atoms with Gasteiger partial charge in [-0.05, 0) is 50.8 Å². The number of thiophene rings is 1. The van der Waals surface area contributed by atoms with Crippen molar-refractivity contribution in [2.45, 2.75) is 50.0 Å². The number of aryl methyl sites for hydroxylation is 1. The highest BCUT2D eigenvalue weighted by atomic mass is 32.2. The highest BCUT2D eigenvalue weighted by molar-refractivity contribution is 7.89. The molecular weight excluding hydrogens is 462 g/mol. The van der Waals surface area contributed by atoms with Gasteiger partial charge >= 0.3 is 0 Å². The number of amides is 1. The van der Waals surface area contributed by atoms with Crippen molar-refractivity contribution >= 4 is 27.3 Å². The van der Waals surface area contributed by atoms with Gasteiger partial charge in [0.05, 0.1) is 27.9 Å². The predicted molar refractivity (Wildman–Crippen MR) is 122 cm³/mol. The summed E-state index contributed by atoms with van der Waals surface area (Å²) in [5.74, 6) is 0.842. The fourth-order valence-corrected chi connectivity index (χ4v) is 7.01. The van der Waals surface area contributed by atoms with E-state index in [2.05, 4.69) is 20.4 Å². The van der Waals surface area contributed by atoms with Crippen molar-refractivity contribution in [3.05, 3.63) is 46.9 Å². The number of rotatable bonds is 7. The van der Waals surface area contributed by atoms with Crippen LogP contribution in [0.2, 0.25) is 0 Å². The van der Waals surface area contributed by atoms with Crippen LogP contribution in [-0.2, 0) is 21.4 Å². The van der Waals surface area contributed by atoms with Crippen molar-refractivity contribution in [3.63, 3.8) is 0 Å². The number of pyridine rings is 1. The number of sulfonamides is 1. The van der Waals surface area contributed by atoms with E-state index < -0.39 is 15.9 Å². The molecule has 1 saturated heterocycles. The van der Waals surface area contributed by atoms with Gasteiger partial charge in [-0.3, -0.25) is 9.78 Å². The maximum absolute atomic E-state index is 13.5. The van der Waals surface area contributed by atoms with E-state index in [1.165, 1.54) is 15.6 Å². The van der Waals surface area contributed by atoms with Crippen molar-refractivity contribution in [1.29, 1.82) is 0 Å². The SMILES string of the molecule is Cc1sc(-c2noc(C3CC3)n2)cc1S(=O)(=O)N1CCC[C@H](C(=O)NCc2ccccn2)C1. The molecule has 2 fully saturated rings. The van der Waals surface area contributed by atoms with Crippen LogP contribution < -0.4 is 5.32 Å². The topological polar surface area (TPSA) is 118 Å². The first-order chi connectivity index (χ1) is 15.9. The monoisotopic (exact) mass is 487 g/mol. The first-order valence-electron chi connectivity index (χ1n) is 11.0. The molecule has 3 aromatic heterocycles. The van der Waals surface area contributed by atoms with Crippen LogP contribution in [0.1, 0.15) is 48.1 Å². The third kappa shape index (κ3) is 4.71. The van der Waals surface area contributed by atoms with Gasteiger partial charge in [0.1, 0.15) is 0 Å².